The molecule has 2 aromatic carbocycles. The van der Waals surface area contributed by atoms with Crippen LogP contribution in [0.25, 0.3) is 0 Å². The van der Waals surface area contributed by atoms with Crippen LogP contribution < -0.4 is 9.47 Å². The topological polar surface area (TPSA) is 54.4 Å². The molecular weight excluding hydrogens is 342 g/mol. The predicted octanol–water partition coefficient (Wildman–Crippen LogP) is 3.29. The zero-order chi connectivity index (χ0) is 19.4. The van der Waals surface area contributed by atoms with Crippen LogP contribution in [0.4, 0.5) is 0 Å². The van der Waals surface area contributed by atoms with Gasteiger partial charge >= 0.3 is 0 Å². The van der Waals surface area contributed by atoms with Crippen molar-refractivity contribution < 1.29 is 14.3 Å². The molecule has 27 heavy (non-hydrogen) atoms. The van der Waals surface area contributed by atoms with Crippen molar-refractivity contribution in [2.24, 2.45) is 5.10 Å². The van der Waals surface area contributed by atoms with Gasteiger partial charge in [0.2, 0.25) is 0 Å². The molecule has 1 aliphatic rings. The van der Waals surface area contributed by atoms with Crippen LogP contribution in [0.15, 0.2) is 53.6 Å². The number of hydrazone groups is 1. The molecule has 0 N–H and O–H groups in total. The van der Waals surface area contributed by atoms with Crippen LogP contribution in [0.2, 0.25) is 0 Å². The fourth-order valence-corrected chi connectivity index (χ4v) is 3.17. The Labute approximate surface area is 160 Å². The van der Waals surface area contributed by atoms with E-state index in [1.807, 2.05) is 48.5 Å². The molecule has 6 nitrogen and oxygen atoms in total. The van der Waals surface area contributed by atoms with Gasteiger partial charge in [0.05, 0.1) is 27.0 Å². The second-order valence-corrected chi connectivity index (χ2v) is 6.68. The molecule has 1 aliphatic heterocycles. The van der Waals surface area contributed by atoms with E-state index in [2.05, 4.69) is 23.8 Å². The molecule has 1 atom stereocenters. The van der Waals surface area contributed by atoms with Gasteiger partial charge in [-0.3, -0.25) is 9.69 Å². The second-order valence-electron chi connectivity index (χ2n) is 6.68. The lowest BCUT2D eigenvalue weighted by molar-refractivity contribution is -0.128. The molecule has 1 heterocycles. The van der Waals surface area contributed by atoms with Gasteiger partial charge in [-0.05, 0) is 49.2 Å². The SMILES string of the molecule is COc1cccc(/C=N\N2C(=O)CN(C(C)C)[C@H]2c2cccc(OC)c2)c1. The quantitative estimate of drug-likeness (QED) is 0.735. The van der Waals surface area contributed by atoms with E-state index in [-0.39, 0.29) is 18.1 Å². The van der Waals surface area contributed by atoms with Crippen molar-refractivity contribution in [2.75, 3.05) is 20.8 Å². The lowest BCUT2D eigenvalue weighted by Gasteiger charge is -2.30. The minimum absolute atomic E-state index is 0.0318. The number of ether oxygens (including phenoxy) is 2. The number of benzene rings is 2. The largest absolute Gasteiger partial charge is 0.497 e. The maximum absolute atomic E-state index is 12.7. The van der Waals surface area contributed by atoms with Crippen molar-refractivity contribution >= 4 is 12.1 Å². The van der Waals surface area contributed by atoms with Crippen LogP contribution >= 0.6 is 0 Å². The fourth-order valence-electron chi connectivity index (χ4n) is 3.17. The van der Waals surface area contributed by atoms with Crippen molar-refractivity contribution in [1.29, 1.82) is 0 Å². The van der Waals surface area contributed by atoms with E-state index in [1.165, 1.54) is 0 Å². The summed E-state index contributed by atoms with van der Waals surface area (Å²) >= 11 is 0. The highest BCUT2D eigenvalue weighted by Crippen LogP contribution is 2.34. The Morgan fingerprint density at radius 1 is 1.07 bits per heavy atom. The third kappa shape index (κ3) is 4.11. The number of carbonyl (C=O) groups is 1. The molecule has 1 saturated heterocycles. The monoisotopic (exact) mass is 367 g/mol. The Bertz CT molecular complexity index is 835. The minimum atomic E-state index is -0.269. The number of nitrogens with zero attached hydrogens (tertiary/aromatic N) is 3. The third-order valence-corrected chi connectivity index (χ3v) is 4.60. The summed E-state index contributed by atoms with van der Waals surface area (Å²) in [6.45, 7) is 4.49. The Kier molecular flexibility index (Phi) is 5.76. The average molecular weight is 367 g/mol. The molecule has 1 fully saturated rings. The Balaban J connectivity index is 1.95. The number of hydrogen-bond donors (Lipinski definition) is 0. The van der Waals surface area contributed by atoms with Crippen molar-refractivity contribution in [3.05, 3.63) is 59.7 Å². The first-order valence-electron chi connectivity index (χ1n) is 8.93. The summed E-state index contributed by atoms with van der Waals surface area (Å²) in [4.78, 5) is 14.8. The van der Waals surface area contributed by atoms with Crippen molar-refractivity contribution in [3.8, 4) is 11.5 Å². The minimum Gasteiger partial charge on any atom is -0.497 e. The predicted molar refractivity (Wildman–Crippen MR) is 105 cm³/mol. The highest BCUT2D eigenvalue weighted by Gasteiger charge is 2.40. The zero-order valence-electron chi connectivity index (χ0n) is 16.1. The lowest BCUT2D eigenvalue weighted by Crippen LogP contribution is -2.33. The van der Waals surface area contributed by atoms with E-state index in [0.717, 1.165) is 22.6 Å². The highest BCUT2D eigenvalue weighted by atomic mass is 16.5. The summed E-state index contributed by atoms with van der Waals surface area (Å²) in [6, 6.07) is 15.5. The maximum atomic E-state index is 12.7. The normalized spacial score (nSPS) is 17.9. The van der Waals surface area contributed by atoms with Crippen molar-refractivity contribution in [1.82, 2.24) is 9.91 Å². The van der Waals surface area contributed by atoms with Gasteiger partial charge in [0.1, 0.15) is 17.7 Å². The smallest absolute Gasteiger partial charge is 0.258 e. The van der Waals surface area contributed by atoms with Gasteiger partial charge < -0.3 is 9.47 Å². The molecule has 0 aromatic heterocycles. The molecule has 0 spiro atoms. The van der Waals surface area contributed by atoms with Crippen LogP contribution in [0.1, 0.15) is 31.1 Å². The maximum Gasteiger partial charge on any atom is 0.258 e. The molecule has 2 aromatic rings. The van der Waals surface area contributed by atoms with E-state index < -0.39 is 0 Å². The van der Waals surface area contributed by atoms with E-state index in [1.54, 1.807) is 25.4 Å². The molecule has 0 unspecified atom stereocenters. The van der Waals surface area contributed by atoms with Crippen LogP contribution in [0.3, 0.4) is 0 Å². The Morgan fingerprint density at radius 3 is 2.41 bits per heavy atom. The summed E-state index contributed by atoms with van der Waals surface area (Å²) in [5.41, 5.74) is 1.84. The van der Waals surface area contributed by atoms with E-state index >= 15 is 0 Å². The van der Waals surface area contributed by atoms with Gasteiger partial charge in [-0.25, -0.2) is 5.01 Å². The first kappa shape index (κ1) is 18.9. The Hall–Kier alpha value is -2.86. The molecule has 1 amide bonds. The first-order valence-corrected chi connectivity index (χ1v) is 8.93. The van der Waals surface area contributed by atoms with Crippen LogP contribution in [0.5, 0.6) is 11.5 Å². The molecule has 0 bridgehead atoms. The number of amides is 1. The summed E-state index contributed by atoms with van der Waals surface area (Å²) in [5.74, 6) is 1.47. The average Bonchev–Trinajstić information content (AvgIpc) is 3.03. The van der Waals surface area contributed by atoms with Gasteiger partial charge in [-0.1, -0.05) is 24.3 Å². The van der Waals surface area contributed by atoms with Gasteiger partial charge in [0.25, 0.3) is 5.91 Å². The standard InChI is InChI=1S/C21H25N3O3/c1-15(2)23-14-20(25)24(21(23)17-8-6-10-19(12-17)27-4)22-13-16-7-5-9-18(11-16)26-3/h5-13,15,21H,14H2,1-4H3/b22-13-/t21-/m1/s1. The molecule has 6 heteroatoms. The third-order valence-electron chi connectivity index (χ3n) is 4.60. The number of methoxy groups -OCH3 is 2. The van der Waals surface area contributed by atoms with Gasteiger partial charge in [-0.15, -0.1) is 0 Å². The highest BCUT2D eigenvalue weighted by molar-refractivity contribution is 5.85. The van der Waals surface area contributed by atoms with Gasteiger partial charge in [0.15, 0.2) is 0 Å². The second kappa shape index (κ2) is 8.22. The molecule has 0 aliphatic carbocycles. The summed E-state index contributed by atoms with van der Waals surface area (Å²) in [6.07, 6.45) is 1.42. The van der Waals surface area contributed by atoms with E-state index in [0.29, 0.717) is 6.54 Å². The van der Waals surface area contributed by atoms with Crippen LogP contribution in [0, 0.1) is 0 Å². The number of hydrogen-bond acceptors (Lipinski definition) is 5. The van der Waals surface area contributed by atoms with Crippen molar-refractivity contribution in [2.45, 2.75) is 26.1 Å². The van der Waals surface area contributed by atoms with E-state index in [9.17, 15) is 4.79 Å². The van der Waals surface area contributed by atoms with Gasteiger partial charge in [-0.2, -0.15) is 5.10 Å². The van der Waals surface area contributed by atoms with Gasteiger partial charge in [0, 0.05) is 6.04 Å². The number of carbonyl (C=O) groups excluding carboxylic acids is 1. The van der Waals surface area contributed by atoms with E-state index in [4.69, 9.17) is 9.47 Å². The molecule has 0 saturated carbocycles. The van der Waals surface area contributed by atoms with Crippen molar-refractivity contribution in [3.63, 3.8) is 0 Å². The van der Waals surface area contributed by atoms with Crippen LogP contribution in [-0.2, 0) is 4.79 Å². The summed E-state index contributed by atoms with van der Waals surface area (Å²) in [7, 11) is 3.26. The molecule has 0 radical (unpaired) electrons. The molecular formula is C21H25N3O3. The fraction of sp³-hybridized carbons (Fsp3) is 0.333. The Morgan fingerprint density at radius 2 is 1.74 bits per heavy atom. The summed E-state index contributed by atoms with van der Waals surface area (Å²) in [5, 5.41) is 6.07. The zero-order valence-corrected chi connectivity index (χ0v) is 16.1. The molecule has 142 valence electrons. The lowest BCUT2D eigenvalue weighted by atomic mass is 10.1. The molecule has 3 rings (SSSR count). The van der Waals surface area contributed by atoms with Crippen LogP contribution in [-0.4, -0.2) is 48.8 Å². The number of rotatable bonds is 6. The summed E-state index contributed by atoms with van der Waals surface area (Å²) < 4.78 is 10.6. The first-order chi connectivity index (χ1) is 13.0.